The molecule has 0 saturated carbocycles. The van der Waals surface area contributed by atoms with Crippen molar-refractivity contribution in [1.29, 1.82) is 0 Å². The molecule has 10 aromatic heterocycles. The van der Waals surface area contributed by atoms with E-state index < -0.39 is 0 Å². The number of oxazole rings is 1. The van der Waals surface area contributed by atoms with Crippen LogP contribution in [0.1, 0.15) is 38.9 Å². The van der Waals surface area contributed by atoms with E-state index in [4.69, 9.17) is 32.8 Å². The van der Waals surface area contributed by atoms with Crippen molar-refractivity contribution in [1.82, 2.24) is 144 Å². The van der Waals surface area contributed by atoms with E-state index in [0.29, 0.717) is 64.3 Å². The first kappa shape index (κ1) is 116. The molecule has 0 amide bonds. The molecule has 0 aliphatic heterocycles. The van der Waals surface area contributed by atoms with Gasteiger partial charge in [0.25, 0.3) is 0 Å². The Bertz CT molecular complexity index is 6770. The van der Waals surface area contributed by atoms with E-state index >= 15 is 0 Å². The van der Waals surface area contributed by atoms with Crippen LogP contribution in [-0.2, 0) is 278 Å². The molecule has 0 aliphatic rings. The summed E-state index contributed by atoms with van der Waals surface area (Å²) in [4.78, 5) is 83.9. The van der Waals surface area contributed by atoms with Crippen LogP contribution in [-0.4, -0.2) is 139 Å². The summed E-state index contributed by atoms with van der Waals surface area (Å²) >= 11 is 18.3. The van der Waals surface area contributed by atoms with Gasteiger partial charge in [-0.25, -0.2) is 40.1 Å². The van der Waals surface area contributed by atoms with Crippen molar-refractivity contribution in [2.75, 3.05) is 0 Å². The Balaban J connectivity index is 0.000000221. The molecule has 6 radical (unpaired) electrons. The fourth-order valence-corrected chi connectivity index (χ4v) is 15.0. The standard InChI is InChI=1S/C16H14IN4O2.C15H12IN4O2.C14H11IN5O2.C12H10BrN6O2.C12H9BrN5O3.C12H9BrN5O2S.6Y/c1-11-6-8-12(9-7-11)23-10-13-14(17)4-3-5-15(13)21-16(22)20(2)18-19-21;1-19-15(21)20(18-17-19)14-9-5-8-13(16)12(14)10-22-11-6-3-2-4-7-11;1-19-14(21)20(18-17-19)12-6-4-5-11(15)10(12)9-22-13-7-2-3-8-16-13;1-18-12(20)19(17-16-18)10-4-2-3-9(13)8(10)7-21-11-5-6-14-15-11;1-17-12(19)18(16-15-17)10-4-2-3-9(13)8(10)7-21-11-14-5-6-20-11;1-17-12(19)18(16-15-17)10-4-2-3-9(13)8(10)7-20-11-14-5-6-21-11;;;;;;/h3-6,8-9H,10H2,1-2H3;2-3,5-9H,10H2,1H3;2-7H,9H2,1H3;2-6H,7H2,1H3;2*2-4,6H,7H2,1H3;;;;;;/q6*-1;;;;;;. The fraction of sp³-hybridized carbons (Fsp3) is 0.160. The minimum atomic E-state index is -0.348. The first-order valence-electron chi connectivity index (χ1n) is 37.6. The van der Waals surface area contributed by atoms with Gasteiger partial charge in [-0.3, -0.25) is 0 Å². The molecular weight excluding hydrogens is 2770 g/mol. The maximum atomic E-state index is 12.1. The van der Waals surface area contributed by atoms with Crippen molar-refractivity contribution >= 4 is 127 Å². The molecule has 0 unspecified atom stereocenters. The molecular formula is C81H65Br3I3N29O13SY6-6. The molecule has 0 fully saturated rings. The molecule has 684 valence electrons. The van der Waals surface area contributed by atoms with E-state index in [2.05, 4.69) is 234 Å². The summed E-state index contributed by atoms with van der Waals surface area (Å²) in [5, 5.41) is 55.3. The first-order chi connectivity index (χ1) is 62.9. The molecule has 18 aromatic rings. The summed E-state index contributed by atoms with van der Waals surface area (Å²) in [6, 6.07) is 59.2. The third-order valence-electron chi connectivity index (χ3n) is 17.8. The fourth-order valence-electron chi connectivity index (χ4n) is 11.2. The summed E-state index contributed by atoms with van der Waals surface area (Å²) in [7, 11) is 9.31. The molecule has 18 rings (SSSR count). The van der Waals surface area contributed by atoms with Crippen LogP contribution in [0.15, 0.2) is 240 Å². The molecule has 8 aromatic carbocycles. The third-order valence-corrected chi connectivity index (χ3v) is 23.7. The number of hydrogen-bond donors (Lipinski definition) is 0. The van der Waals surface area contributed by atoms with Gasteiger partial charge in [-0.05, 0) is 215 Å². The molecule has 0 saturated heterocycles. The van der Waals surface area contributed by atoms with Gasteiger partial charge in [0.1, 0.15) is 18.4 Å². The average Bonchev–Trinajstić information content (AvgIpc) is 1.69. The van der Waals surface area contributed by atoms with E-state index in [0.717, 1.165) is 83.9 Å². The van der Waals surface area contributed by atoms with E-state index in [-0.39, 0.29) is 263 Å². The molecule has 55 heteroatoms. The summed E-state index contributed by atoms with van der Waals surface area (Å²) in [5.74, 6) is 2.34. The number of thiazole rings is 1. The van der Waals surface area contributed by atoms with Gasteiger partial charge in [-0.2, -0.15) is 110 Å². The Kier molecular flexibility index (Phi) is 49.0. The number of aryl methyl sites for hydroxylation is 7. The maximum absolute atomic E-state index is 12.1. The van der Waals surface area contributed by atoms with Crippen molar-refractivity contribution in [3.63, 3.8) is 0 Å². The van der Waals surface area contributed by atoms with E-state index in [9.17, 15) is 28.8 Å². The number of nitrogens with zero attached hydrogens (tertiary/aromatic N) is 29. The van der Waals surface area contributed by atoms with Gasteiger partial charge in [0.15, 0.2) is 5.88 Å². The Labute approximate surface area is 992 Å². The van der Waals surface area contributed by atoms with Gasteiger partial charge < -0.3 is 58.0 Å². The van der Waals surface area contributed by atoms with E-state index in [1.165, 1.54) is 71.5 Å². The van der Waals surface area contributed by atoms with E-state index in [1.807, 2.05) is 122 Å². The molecule has 0 spiro atoms. The van der Waals surface area contributed by atoms with E-state index in [1.54, 1.807) is 107 Å². The Morgan fingerprint density at radius 2 is 0.735 bits per heavy atom. The van der Waals surface area contributed by atoms with Gasteiger partial charge in [0, 0.05) is 308 Å². The number of hydrogen-bond acceptors (Lipinski definition) is 30. The second kappa shape index (κ2) is 57.4. The van der Waals surface area contributed by atoms with Gasteiger partial charge in [0.05, 0.1) is 66.4 Å². The molecule has 42 nitrogen and oxygen atoms in total. The van der Waals surface area contributed by atoms with Crippen LogP contribution >= 0.6 is 127 Å². The van der Waals surface area contributed by atoms with Crippen LogP contribution in [0.25, 0.3) is 34.1 Å². The van der Waals surface area contributed by atoms with Crippen LogP contribution in [0.3, 0.4) is 0 Å². The summed E-state index contributed by atoms with van der Waals surface area (Å²) in [6.45, 7) is 3.52. The molecule has 0 bridgehead atoms. The molecule has 0 atom stereocenters. The van der Waals surface area contributed by atoms with Crippen molar-refractivity contribution in [2.24, 2.45) is 42.3 Å². The van der Waals surface area contributed by atoms with Crippen molar-refractivity contribution in [3.05, 3.63) is 350 Å². The zero-order valence-corrected chi connectivity index (χ0v) is 101. The normalized spacial score (nSPS) is 10.2. The maximum Gasteiger partial charge on any atom is 0.368 e. The zero-order chi connectivity index (χ0) is 91.9. The minimum absolute atomic E-state index is 0. The van der Waals surface area contributed by atoms with Gasteiger partial charge >= 0.3 is 34.1 Å². The molecule has 0 aliphatic carbocycles. The SMILES string of the molecule is Cc1[c-]cc(OCc2c(I)cccc2-n2nnn(C)c2=O)cc1.Cn1nnn(-c2cccc(Br)c2COc2cc[n-]n2)c1=O.Cn1nnn(-c2cccc(Br)c2COc2n[c-]co2)c1=O.Cn1nnn(-c2cccc(Br)c2COc2n[c-]cs2)c1=O.Cn1nnn(-c2cccc(I)c2COc2c[c-]ccc2)c1=O.Cn1nnn(-c2cccc(I)c2COc2ccc[c-]n2)c1=O.[Y].[Y].[Y].[Y].[Y].[Y]. The monoisotopic (exact) mass is 2830 g/mol. The average molecular weight is 2840 g/mol. The van der Waals surface area contributed by atoms with Crippen LogP contribution in [0, 0.1) is 48.4 Å². The van der Waals surface area contributed by atoms with Crippen LogP contribution < -0.4 is 67.7 Å². The van der Waals surface area contributed by atoms with Crippen molar-refractivity contribution < 1.29 is 229 Å². The van der Waals surface area contributed by atoms with Gasteiger partial charge in [-0.15, -0.1) is 42.7 Å². The number of aromatic nitrogens is 29. The number of tetrazole rings is 6. The summed E-state index contributed by atoms with van der Waals surface area (Å²) < 4.78 is 58.6. The van der Waals surface area contributed by atoms with Crippen LogP contribution in [0.5, 0.6) is 34.5 Å². The van der Waals surface area contributed by atoms with Crippen molar-refractivity contribution in [2.45, 2.75) is 46.6 Å². The molecule has 10 heterocycles. The number of pyridine rings is 1. The second-order valence-corrected chi connectivity index (χ2v) is 33.2. The largest absolute Gasteiger partial charge is 0.579 e. The number of ether oxygens (including phenoxy) is 6. The number of benzene rings is 8. The minimum Gasteiger partial charge on any atom is -0.579 e. The predicted molar refractivity (Wildman–Crippen MR) is 499 cm³/mol. The van der Waals surface area contributed by atoms with Gasteiger partial charge in [-0.1, -0.05) is 103 Å². The second-order valence-electron chi connectivity index (χ2n) is 26.3. The first-order valence-corrected chi connectivity index (χ1v) is 44.1. The third kappa shape index (κ3) is 30.9. The smallest absolute Gasteiger partial charge is 0.368 e. The number of rotatable bonds is 24. The topological polar surface area (TPSA) is 450 Å². The zero-order valence-electron chi connectivity index (χ0n) is 72.1. The van der Waals surface area contributed by atoms with Gasteiger partial charge in [0.2, 0.25) is 6.08 Å². The van der Waals surface area contributed by atoms with Crippen molar-refractivity contribution in [3.8, 4) is 68.7 Å². The van der Waals surface area contributed by atoms with Crippen LogP contribution in [0.2, 0.25) is 0 Å². The molecule has 136 heavy (non-hydrogen) atoms. The summed E-state index contributed by atoms with van der Waals surface area (Å²) in [5.41, 5.74) is 7.81. The van der Waals surface area contributed by atoms with Crippen LogP contribution in [0.4, 0.5) is 0 Å². The quantitative estimate of drug-likeness (QED) is 0.0402. The Morgan fingerprint density at radius 3 is 1.07 bits per heavy atom. The molecule has 0 N–H and O–H groups in total. The number of halogens is 6. The summed E-state index contributed by atoms with van der Waals surface area (Å²) in [6.07, 6.45) is 10.8. The Morgan fingerprint density at radius 1 is 0.368 bits per heavy atom. The predicted octanol–water partition coefficient (Wildman–Crippen LogP) is 8.86. The Hall–Kier alpha value is -6.77.